The van der Waals surface area contributed by atoms with Gasteiger partial charge in [0, 0.05) is 11.3 Å². The topological polar surface area (TPSA) is 101 Å². The molecular formula is C22H31O6P. The normalized spacial score (nSPS) is 44.0. The highest BCUT2D eigenvalue weighted by Crippen LogP contribution is 2.66. The summed E-state index contributed by atoms with van der Waals surface area (Å²) in [5, 5.41) is 0. The summed E-state index contributed by atoms with van der Waals surface area (Å²) in [5.41, 5.74) is 1.01. The van der Waals surface area contributed by atoms with Gasteiger partial charge in [-0.2, -0.15) is 0 Å². The van der Waals surface area contributed by atoms with Crippen molar-refractivity contribution in [1.29, 1.82) is 0 Å². The summed E-state index contributed by atoms with van der Waals surface area (Å²) in [5.74, 6) is 1.40. The molecule has 29 heavy (non-hydrogen) atoms. The monoisotopic (exact) mass is 422 g/mol. The number of phosphoric ester groups is 1. The fourth-order valence-electron chi connectivity index (χ4n) is 7.39. The summed E-state index contributed by atoms with van der Waals surface area (Å²) < 4.78 is 15.5. The van der Waals surface area contributed by atoms with E-state index in [1.54, 1.807) is 6.08 Å². The lowest BCUT2D eigenvalue weighted by Crippen LogP contribution is -2.52. The van der Waals surface area contributed by atoms with Crippen LogP contribution in [0, 0.1) is 40.4 Å². The van der Waals surface area contributed by atoms with Gasteiger partial charge < -0.3 is 9.79 Å². The van der Waals surface area contributed by atoms with Gasteiger partial charge in [-0.15, -0.1) is 0 Å². The molecular weight excluding hydrogens is 391 g/mol. The van der Waals surface area contributed by atoms with Crippen molar-refractivity contribution < 1.29 is 28.5 Å². The molecule has 3 fully saturated rings. The Morgan fingerprint density at radius 1 is 1.24 bits per heavy atom. The van der Waals surface area contributed by atoms with Crippen molar-refractivity contribution in [2.75, 3.05) is 6.61 Å². The van der Waals surface area contributed by atoms with Crippen LogP contribution in [0.15, 0.2) is 23.8 Å². The van der Waals surface area contributed by atoms with E-state index in [1.807, 2.05) is 6.08 Å². The molecule has 0 heterocycles. The Morgan fingerprint density at radius 2 is 1.97 bits per heavy atom. The lowest BCUT2D eigenvalue weighted by atomic mass is 9.46. The molecule has 0 aliphatic heterocycles. The van der Waals surface area contributed by atoms with Crippen molar-refractivity contribution in [3.63, 3.8) is 0 Å². The van der Waals surface area contributed by atoms with Gasteiger partial charge in [-0.05, 0) is 73.3 Å². The van der Waals surface area contributed by atoms with Gasteiger partial charge in [0.2, 0.25) is 0 Å². The maximum Gasteiger partial charge on any atom is 0.470 e. The zero-order valence-electron chi connectivity index (χ0n) is 17.3. The molecule has 0 spiro atoms. The second-order valence-electron chi connectivity index (χ2n) is 10.0. The first kappa shape index (κ1) is 21.2. The molecule has 0 aromatic carbocycles. The minimum atomic E-state index is -4.64. The van der Waals surface area contributed by atoms with Gasteiger partial charge in [0.25, 0.3) is 0 Å². The first-order valence-corrected chi connectivity index (χ1v) is 12.2. The number of allylic oxidation sites excluding steroid dienone is 4. The third-order valence-corrected chi connectivity index (χ3v) is 9.11. The average Bonchev–Trinajstić information content (AvgIpc) is 2.98. The first-order valence-electron chi connectivity index (χ1n) is 10.6. The summed E-state index contributed by atoms with van der Waals surface area (Å²) in [6.07, 6.45) is 10.4. The van der Waals surface area contributed by atoms with Crippen LogP contribution in [0.25, 0.3) is 0 Å². The van der Waals surface area contributed by atoms with Crippen LogP contribution in [-0.2, 0) is 18.7 Å². The zero-order valence-corrected chi connectivity index (χ0v) is 18.2. The molecule has 0 radical (unpaired) electrons. The highest BCUT2D eigenvalue weighted by Gasteiger charge is 2.60. The van der Waals surface area contributed by atoms with E-state index in [0.29, 0.717) is 23.7 Å². The Morgan fingerprint density at radius 3 is 2.66 bits per heavy atom. The highest BCUT2D eigenvalue weighted by atomic mass is 31.2. The number of fused-ring (bicyclic) bond motifs is 5. The lowest BCUT2D eigenvalue weighted by Gasteiger charge is -2.58. The van der Waals surface area contributed by atoms with Crippen molar-refractivity contribution in [2.45, 2.75) is 52.9 Å². The zero-order chi connectivity index (χ0) is 21.2. The van der Waals surface area contributed by atoms with E-state index in [-0.39, 0.29) is 28.3 Å². The third kappa shape index (κ3) is 3.42. The number of hydrogen-bond acceptors (Lipinski definition) is 4. The average molecular weight is 422 g/mol. The second-order valence-corrected chi connectivity index (χ2v) is 11.3. The molecule has 0 aromatic heterocycles. The van der Waals surface area contributed by atoms with E-state index in [0.717, 1.165) is 32.1 Å². The van der Waals surface area contributed by atoms with E-state index < -0.39 is 14.4 Å². The highest BCUT2D eigenvalue weighted by molar-refractivity contribution is 7.46. The molecule has 4 aliphatic carbocycles. The number of carbonyl (C=O) groups is 2. The molecule has 7 atom stereocenters. The van der Waals surface area contributed by atoms with Crippen molar-refractivity contribution >= 4 is 19.4 Å². The molecule has 160 valence electrons. The molecule has 3 saturated carbocycles. The standard InChI is InChI=1S/C22H31O6P/c1-13-10-15-16-4-5-18(20(24)12-28-29(25,26)27)21(16,2)9-7-17(15)22(3)8-6-14(23)11-19(13)22/h6,8,11,13,15-18H,4-5,7,9-10,12H2,1-3H3,(H2,25,26,27)/t13-,15?,16?,17?,18+,21-,22+/m0/s1. The van der Waals surface area contributed by atoms with Gasteiger partial charge in [-0.25, -0.2) is 4.57 Å². The molecule has 6 nitrogen and oxygen atoms in total. The van der Waals surface area contributed by atoms with Gasteiger partial charge in [0.05, 0.1) is 0 Å². The van der Waals surface area contributed by atoms with Gasteiger partial charge >= 0.3 is 7.82 Å². The summed E-state index contributed by atoms with van der Waals surface area (Å²) in [6, 6.07) is 0. The van der Waals surface area contributed by atoms with Crippen LogP contribution in [0.3, 0.4) is 0 Å². The van der Waals surface area contributed by atoms with Gasteiger partial charge in [0.15, 0.2) is 11.6 Å². The maximum atomic E-state index is 12.8. The van der Waals surface area contributed by atoms with E-state index in [1.165, 1.54) is 5.57 Å². The fourth-order valence-corrected chi connectivity index (χ4v) is 7.69. The molecule has 0 saturated heterocycles. The Hall–Kier alpha value is -1.07. The van der Waals surface area contributed by atoms with E-state index in [2.05, 4.69) is 31.4 Å². The van der Waals surface area contributed by atoms with E-state index in [4.69, 9.17) is 9.79 Å². The summed E-state index contributed by atoms with van der Waals surface area (Å²) in [4.78, 5) is 42.7. The molecule has 2 N–H and O–H groups in total. The van der Waals surface area contributed by atoms with Crippen LogP contribution in [-0.4, -0.2) is 28.0 Å². The molecule has 0 bridgehead atoms. The summed E-state index contributed by atoms with van der Waals surface area (Å²) >= 11 is 0. The van der Waals surface area contributed by atoms with E-state index >= 15 is 0 Å². The van der Waals surface area contributed by atoms with Crippen LogP contribution in [0.2, 0.25) is 0 Å². The van der Waals surface area contributed by atoms with Crippen molar-refractivity contribution in [2.24, 2.45) is 40.4 Å². The van der Waals surface area contributed by atoms with E-state index in [9.17, 15) is 14.2 Å². The minimum absolute atomic E-state index is 0.0833. The third-order valence-electron chi connectivity index (χ3n) is 8.64. The lowest BCUT2D eigenvalue weighted by molar-refractivity contribution is -0.132. The number of Topliss-reactive ketones (excluding diaryl/α,β-unsaturated/α-hetero) is 1. The maximum absolute atomic E-state index is 12.8. The molecule has 7 heteroatoms. The largest absolute Gasteiger partial charge is 0.470 e. The minimum Gasteiger partial charge on any atom is -0.303 e. The van der Waals surface area contributed by atoms with Gasteiger partial charge in [-0.3, -0.25) is 14.1 Å². The summed E-state index contributed by atoms with van der Waals surface area (Å²) in [6.45, 7) is 6.16. The van der Waals surface area contributed by atoms with Crippen LogP contribution in [0.4, 0.5) is 0 Å². The number of ketones is 2. The molecule has 4 aliphatic rings. The van der Waals surface area contributed by atoms with Crippen molar-refractivity contribution in [3.05, 3.63) is 23.8 Å². The van der Waals surface area contributed by atoms with Crippen molar-refractivity contribution in [1.82, 2.24) is 0 Å². The SMILES string of the molecule is C[C@H]1CC2C(CC[C@@]3(C)C2CC[C@@H]3C(=O)COP(=O)(O)O)[C@@]2(C)C=CC(=O)C=C12. The Kier molecular flexibility index (Phi) is 5.10. The molecule has 3 unspecified atom stereocenters. The number of hydrogen-bond donors (Lipinski definition) is 2. The molecule has 0 aromatic rings. The van der Waals surface area contributed by atoms with Gasteiger partial charge in [0.1, 0.15) is 6.61 Å². The smallest absolute Gasteiger partial charge is 0.303 e. The predicted molar refractivity (Wildman–Crippen MR) is 108 cm³/mol. The van der Waals surface area contributed by atoms with Crippen LogP contribution in [0.1, 0.15) is 52.9 Å². The fraction of sp³-hybridized carbons (Fsp3) is 0.727. The summed E-state index contributed by atoms with van der Waals surface area (Å²) in [7, 11) is -4.64. The number of rotatable bonds is 4. The Bertz CT molecular complexity index is 840. The number of phosphoric acid groups is 1. The van der Waals surface area contributed by atoms with Crippen LogP contribution < -0.4 is 0 Å². The van der Waals surface area contributed by atoms with Crippen molar-refractivity contribution in [3.8, 4) is 0 Å². The Balaban J connectivity index is 1.58. The Labute approximate surface area is 172 Å². The first-order chi connectivity index (χ1) is 13.5. The second kappa shape index (κ2) is 6.98. The molecule has 0 amide bonds. The van der Waals surface area contributed by atoms with Crippen LogP contribution >= 0.6 is 7.82 Å². The number of carbonyl (C=O) groups excluding carboxylic acids is 2. The molecule has 4 rings (SSSR count). The van der Waals surface area contributed by atoms with Gasteiger partial charge in [-0.1, -0.05) is 32.4 Å². The quantitative estimate of drug-likeness (QED) is 0.668. The van der Waals surface area contributed by atoms with Crippen LogP contribution in [0.5, 0.6) is 0 Å². The predicted octanol–water partition coefficient (Wildman–Crippen LogP) is 3.83.